The van der Waals surface area contributed by atoms with E-state index < -0.39 is 11.8 Å². The molecule has 158 valence electrons. The van der Waals surface area contributed by atoms with Crippen molar-refractivity contribution in [2.24, 2.45) is 5.92 Å². The van der Waals surface area contributed by atoms with E-state index in [1.54, 1.807) is 29.2 Å². The van der Waals surface area contributed by atoms with Gasteiger partial charge in [0.1, 0.15) is 0 Å². The van der Waals surface area contributed by atoms with Crippen molar-refractivity contribution in [1.29, 1.82) is 0 Å². The predicted octanol–water partition coefficient (Wildman–Crippen LogP) is 4.20. The van der Waals surface area contributed by atoms with Crippen LogP contribution >= 0.6 is 0 Å². The molecule has 0 saturated carbocycles. The average molecular weight is 408 g/mol. The minimum atomic E-state index is -0.668. The maximum Gasteiger partial charge on any atom is 0.313 e. The molecule has 6 heteroatoms. The summed E-state index contributed by atoms with van der Waals surface area (Å²) in [6, 6.07) is 13.0. The van der Waals surface area contributed by atoms with Gasteiger partial charge in [-0.25, -0.2) is 0 Å². The molecule has 2 aromatic rings. The molecule has 1 unspecified atom stereocenters. The van der Waals surface area contributed by atoms with Crippen LogP contribution in [0.5, 0.6) is 0 Å². The fourth-order valence-corrected chi connectivity index (χ4v) is 3.83. The number of amides is 3. The summed E-state index contributed by atoms with van der Waals surface area (Å²) in [6.07, 6.45) is 1.71. The maximum atomic E-state index is 12.9. The fourth-order valence-electron chi connectivity index (χ4n) is 3.83. The average Bonchev–Trinajstić information content (AvgIpc) is 3.16. The summed E-state index contributed by atoms with van der Waals surface area (Å²) in [5.41, 5.74) is 4.41. The predicted molar refractivity (Wildman–Crippen MR) is 118 cm³/mol. The first kappa shape index (κ1) is 21.6. The second-order valence-electron chi connectivity index (χ2n) is 8.26. The molecule has 3 rings (SSSR count). The Labute approximate surface area is 177 Å². The van der Waals surface area contributed by atoms with Gasteiger partial charge in [-0.15, -0.1) is 0 Å². The molecule has 1 atom stereocenters. The van der Waals surface area contributed by atoms with Gasteiger partial charge in [0.2, 0.25) is 5.91 Å². The number of carbonyl (C=O) groups is 3. The molecule has 1 aliphatic rings. The van der Waals surface area contributed by atoms with Gasteiger partial charge in [-0.1, -0.05) is 49.2 Å². The fraction of sp³-hybridized carbons (Fsp3) is 0.375. The van der Waals surface area contributed by atoms with E-state index in [1.165, 1.54) is 0 Å². The van der Waals surface area contributed by atoms with Crippen molar-refractivity contribution in [3.8, 4) is 0 Å². The molecule has 1 aliphatic heterocycles. The van der Waals surface area contributed by atoms with Gasteiger partial charge in [0.05, 0.1) is 6.04 Å². The van der Waals surface area contributed by atoms with Gasteiger partial charge in [0, 0.05) is 23.8 Å². The molecular weight excluding hydrogens is 378 g/mol. The molecule has 2 aromatic carbocycles. The normalized spacial score (nSPS) is 15.9. The standard InChI is InChI=1S/C24H29N3O3/c1-15(2)22(28)25-19-7-5-8-20(14-19)26-23(29)24(30)27-10-6-9-21(27)18-12-16(3)11-17(4)13-18/h5,7-8,11-15,21H,6,9-10H2,1-4H3,(H,25,28)(H,26,29). The van der Waals surface area contributed by atoms with E-state index in [9.17, 15) is 14.4 Å². The van der Waals surface area contributed by atoms with Crippen molar-refractivity contribution in [1.82, 2.24) is 4.90 Å². The van der Waals surface area contributed by atoms with Gasteiger partial charge in [0.15, 0.2) is 0 Å². The molecular formula is C24H29N3O3. The molecule has 3 amide bonds. The highest BCUT2D eigenvalue weighted by atomic mass is 16.2. The summed E-state index contributed by atoms with van der Waals surface area (Å²) in [5.74, 6) is -1.46. The number of nitrogens with one attached hydrogen (secondary N) is 2. The third-order valence-electron chi connectivity index (χ3n) is 5.25. The molecule has 0 aliphatic carbocycles. The summed E-state index contributed by atoms with van der Waals surface area (Å²) in [4.78, 5) is 39.1. The topological polar surface area (TPSA) is 78.5 Å². The van der Waals surface area contributed by atoms with Gasteiger partial charge in [-0.2, -0.15) is 0 Å². The zero-order chi connectivity index (χ0) is 21.8. The van der Waals surface area contributed by atoms with Crippen LogP contribution < -0.4 is 10.6 Å². The number of hydrogen-bond acceptors (Lipinski definition) is 3. The Morgan fingerprint density at radius 3 is 2.23 bits per heavy atom. The molecule has 0 radical (unpaired) electrons. The lowest BCUT2D eigenvalue weighted by molar-refractivity contribution is -0.143. The number of hydrogen-bond donors (Lipinski definition) is 2. The molecule has 0 bridgehead atoms. The number of aryl methyl sites for hydroxylation is 2. The Hall–Kier alpha value is -3.15. The number of carbonyl (C=O) groups excluding carboxylic acids is 3. The smallest absolute Gasteiger partial charge is 0.313 e. The van der Waals surface area contributed by atoms with E-state index in [-0.39, 0.29) is 17.9 Å². The Morgan fingerprint density at radius 2 is 1.60 bits per heavy atom. The van der Waals surface area contributed by atoms with Crippen molar-refractivity contribution in [2.75, 3.05) is 17.2 Å². The van der Waals surface area contributed by atoms with E-state index in [1.807, 2.05) is 27.7 Å². The van der Waals surface area contributed by atoms with E-state index in [0.717, 1.165) is 29.5 Å². The second kappa shape index (κ2) is 9.11. The van der Waals surface area contributed by atoms with Crippen molar-refractivity contribution < 1.29 is 14.4 Å². The van der Waals surface area contributed by atoms with E-state index in [4.69, 9.17) is 0 Å². The molecule has 30 heavy (non-hydrogen) atoms. The van der Waals surface area contributed by atoms with E-state index >= 15 is 0 Å². The Bertz CT molecular complexity index is 948. The molecule has 1 heterocycles. The highest BCUT2D eigenvalue weighted by molar-refractivity contribution is 6.39. The van der Waals surface area contributed by atoms with Crippen LogP contribution in [-0.2, 0) is 14.4 Å². The summed E-state index contributed by atoms with van der Waals surface area (Å²) in [5, 5.41) is 5.47. The van der Waals surface area contributed by atoms with Crippen molar-refractivity contribution in [3.63, 3.8) is 0 Å². The van der Waals surface area contributed by atoms with Crippen LogP contribution in [0.2, 0.25) is 0 Å². The third kappa shape index (κ3) is 5.06. The molecule has 6 nitrogen and oxygen atoms in total. The Kier molecular flexibility index (Phi) is 6.55. The van der Waals surface area contributed by atoms with Crippen LogP contribution in [0, 0.1) is 19.8 Å². The first-order chi connectivity index (χ1) is 14.2. The van der Waals surface area contributed by atoms with E-state index in [2.05, 4.69) is 28.8 Å². The van der Waals surface area contributed by atoms with Gasteiger partial charge in [-0.05, 0) is 50.5 Å². The van der Waals surface area contributed by atoms with Gasteiger partial charge >= 0.3 is 11.8 Å². The van der Waals surface area contributed by atoms with Crippen molar-refractivity contribution in [3.05, 3.63) is 59.2 Å². The third-order valence-corrected chi connectivity index (χ3v) is 5.25. The number of nitrogens with zero attached hydrogens (tertiary/aromatic N) is 1. The molecule has 2 N–H and O–H groups in total. The lowest BCUT2D eigenvalue weighted by Crippen LogP contribution is -2.39. The van der Waals surface area contributed by atoms with Crippen LogP contribution in [0.1, 0.15) is 49.4 Å². The maximum absolute atomic E-state index is 12.9. The van der Waals surface area contributed by atoms with Gasteiger partial charge < -0.3 is 15.5 Å². The lowest BCUT2D eigenvalue weighted by atomic mass is 9.99. The second-order valence-corrected chi connectivity index (χ2v) is 8.26. The summed E-state index contributed by atoms with van der Waals surface area (Å²) < 4.78 is 0. The summed E-state index contributed by atoms with van der Waals surface area (Å²) in [6.45, 7) is 8.25. The largest absolute Gasteiger partial charge is 0.327 e. The summed E-state index contributed by atoms with van der Waals surface area (Å²) in [7, 11) is 0. The zero-order valence-corrected chi connectivity index (χ0v) is 18.0. The SMILES string of the molecule is Cc1cc(C)cc(C2CCCN2C(=O)C(=O)Nc2cccc(NC(=O)C(C)C)c2)c1. The monoisotopic (exact) mass is 407 g/mol. The van der Waals surface area contributed by atoms with Crippen molar-refractivity contribution >= 4 is 29.1 Å². The number of rotatable bonds is 4. The molecule has 0 aromatic heterocycles. The first-order valence-corrected chi connectivity index (χ1v) is 10.4. The van der Waals surface area contributed by atoms with Crippen LogP contribution in [0.25, 0.3) is 0 Å². The molecule has 1 fully saturated rings. The van der Waals surface area contributed by atoms with Gasteiger partial charge in [-0.3, -0.25) is 14.4 Å². The highest BCUT2D eigenvalue weighted by Gasteiger charge is 2.33. The van der Waals surface area contributed by atoms with E-state index in [0.29, 0.717) is 17.9 Å². The van der Waals surface area contributed by atoms with Crippen molar-refractivity contribution in [2.45, 2.75) is 46.6 Å². The van der Waals surface area contributed by atoms with Gasteiger partial charge in [0.25, 0.3) is 0 Å². The minimum absolute atomic E-state index is 0.0847. The Morgan fingerprint density at radius 1 is 0.967 bits per heavy atom. The van der Waals surface area contributed by atoms with Crippen LogP contribution in [-0.4, -0.2) is 29.2 Å². The minimum Gasteiger partial charge on any atom is -0.327 e. The first-order valence-electron chi connectivity index (χ1n) is 10.4. The number of benzene rings is 2. The lowest BCUT2D eigenvalue weighted by Gasteiger charge is -2.25. The summed E-state index contributed by atoms with van der Waals surface area (Å²) >= 11 is 0. The number of likely N-dealkylation sites (tertiary alicyclic amines) is 1. The van der Waals surface area contributed by atoms with Crippen LogP contribution in [0.15, 0.2) is 42.5 Å². The quantitative estimate of drug-likeness (QED) is 0.746. The zero-order valence-electron chi connectivity index (χ0n) is 18.0. The number of anilines is 2. The van der Waals surface area contributed by atoms with Crippen LogP contribution in [0.3, 0.4) is 0 Å². The van der Waals surface area contributed by atoms with Crippen LogP contribution in [0.4, 0.5) is 11.4 Å². The molecule has 0 spiro atoms. The Balaban J connectivity index is 1.71. The highest BCUT2D eigenvalue weighted by Crippen LogP contribution is 2.33. The molecule has 1 saturated heterocycles.